The highest BCUT2D eigenvalue weighted by molar-refractivity contribution is 7.91. The molecule has 1 heterocycles. The van der Waals surface area contributed by atoms with Crippen molar-refractivity contribution >= 4 is 27.3 Å². The molecule has 2 aromatic carbocycles. The summed E-state index contributed by atoms with van der Waals surface area (Å²) in [4.78, 5) is 4.19. The predicted molar refractivity (Wildman–Crippen MR) is 103 cm³/mol. The molecular weight excluding hydrogens is 374 g/mol. The first-order chi connectivity index (χ1) is 12.4. The minimum Gasteiger partial charge on any atom is -0.494 e. The third-order valence-electron chi connectivity index (χ3n) is 3.69. The molecule has 0 fully saturated rings. The number of halogens is 1. The second kappa shape index (κ2) is 7.39. The van der Waals surface area contributed by atoms with Crippen LogP contribution in [0.2, 0.25) is 5.02 Å². The molecule has 8 heteroatoms. The molecule has 136 valence electrons. The predicted octanol–water partition coefficient (Wildman–Crippen LogP) is 3.78. The van der Waals surface area contributed by atoms with Gasteiger partial charge >= 0.3 is 0 Å². The molecule has 3 rings (SSSR count). The van der Waals surface area contributed by atoms with Crippen molar-refractivity contribution in [2.24, 2.45) is 0 Å². The minimum absolute atomic E-state index is 0.168. The first kappa shape index (κ1) is 18.3. The van der Waals surface area contributed by atoms with E-state index >= 15 is 0 Å². The van der Waals surface area contributed by atoms with Crippen molar-refractivity contribution in [3.8, 4) is 11.4 Å². The number of hydrogen-bond donors (Lipinski definition) is 1. The number of anilines is 1. The van der Waals surface area contributed by atoms with Crippen LogP contribution < -0.4 is 9.46 Å². The molecule has 0 aliphatic rings. The van der Waals surface area contributed by atoms with Crippen molar-refractivity contribution in [3.63, 3.8) is 0 Å². The molecule has 0 radical (unpaired) electrons. The summed E-state index contributed by atoms with van der Waals surface area (Å²) in [5.41, 5.74) is 2.68. The molecule has 0 bridgehead atoms. The summed E-state index contributed by atoms with van der Waals surface area (Å²) < 4.78 is 34.6. The van der Waals surface area contributed by atoms with Gasteiger partial charge in [-0.15, -0.1) is 0 Å². The molecule has 0 unspecified atom stereocenters. The fourth-order valence-corrected chi connectivity index (χ4v) is 3.96. The quantitative estimate of drug-likeness (QED) is 0.693. The maximum atomic E-state index is 12.4. The van der Waals surface area contributed by atoms with Crippen molar-refractivity contribution in [2.75, 3.05) is 11.8 Å². The van der Waals surface area contributed by atoms with E-state index < -0.39 is 10.0 Å². The van der Waals surface area contributed by atoms with Gasteiger partial charge in [0.15, 0.2) is 0 Å². The van der Waals surface area contributed by atoms with Crippen LogP contribution in [-0.2, 0) is 15.8 Å². The van der Waals surface area contributed by atoms with E-state index in [0.29, 0.717) is 22.0 Å². The Balaban J connectivity index is 1.83. The minimum atomic E-state index is -3.59. The number of methoxy groups -OCH3 is 1. The number of hydrogen-bond acceptors (Lipinski definition) is 4. The van der Waals surface area contributed by atoms with Crippen molar-refractivity contribution in [3.05, 3.63) is 71.3 Å². The Morgan fingerprint density at radius 1 is 1.23 bits per heavy atom. The smallest absolute Gasteiger partial charge is 0.236 e. The highest BCUT2D eigenvalue weighted by Gasteiger charge is 2.14. The topological polar surface area (TPSA) is 73.2 Å². The number of sulfonamides is 1. The summed E-state index contributed by atoms with van der Waals surface area (Å²) >= 11 is 5.91. The van der Waals surface area contributed by atoms with Gasteiger partial charge in [-0.25, -0.2) is 13.4 Å². The first-order valence-electron chi connectivity index (χ1n) is 7.80. The van der Waals surface area contributed by atoms with Gasteiger partial charge in [0.1, 0.15) is 5.75 Å². The van der Waals surface area contributed by atoms with Gasteiger partial charge < -0.3 is 9.30 Å². The molecule has 1 aromatic heterocycles. The van der Waals surface area contributed by atoms with Gasteiger partial charge in [-0.2, -0.15) is 0 Å². The largest absolute Gasteiger partial charge is 0.494 e. The lowest BCUT2D eigenvalue weighted by atomic mass is 10.2. The van der Waals surface area contributed by atoms with Crippen LogP contribution in [0.1, 0.15) is 11.3 Å². The van der Waals surface area contributed by atoms with Crippen LogP contribution in [-0.4, -0.2) is 25.1 Å². The Morgan fingerprint density at radius 3 is 2.69 bits per heavy atom. The van der Waals surface area contributed by atoms with E-state index in [9.17, 15) is 8.42 Å². The number of imidazole rings is 1. The molecular formula is C18H18ClN3O3S. The van der Waals surface area contributed by atoms with E-state index in [2.05, 4.69) is 9.71 Å². The molecule has 0 spiro atoms. The second-order valence-electron chi connectivity index (χ2n) is 5.80. The van der Waals surface area contributed by atoms with Crippen LogP contribution in [0.4, 0.5) is 5.69 Å². The molecule has 6 nitrogen and oxygen atoms in total. The van der Waals surface area contributed by atoms with Gasteiger partial charge in [-0.3, -0.25) is 4.72 Å². The summed E-state index contributed by atoms with van der Waals surface area (Å²) in [7, 11) is -2.05. The summed E-state index contributed by atoms with van der Waals surface area (Å²) in [6.45, 7) is 1.89. The highest BCUT2D eigenvalue weighted by atomic mass is 35.5. The van der Waals surface area contributed by atoms with Crippen molar-refractivity contribution in [2.45, 2.75) is 12.7 Å². The van der Waals surface area contributed by atoms with Crippen LogP contribution in [0.25, 0.3) is 5.69 Å². The fourth-order valence-electron chi connectivity index (χ4n) is 2.57. The Bertz CT molecular complexity index is 1030. The third kappa shape index (κ3) is 4.36. The lowest BCUT2D eigenvalue weighted by Gasteiger charge is -2.13. The number of rotatable bonds is 6. The zero-order valence-electron chi connectivity index (χ0n) is 14.3. The highest BCUT2D eigenvalue weighted by Crippen LogP contribution is 2.27. The summed E-state index contributed by atoms with van der Waals surface area (Å²) in [6, 6.07) is 11.9. The lowest BCUT2D eigenvalue weighted by Crippen LogP contribution is -2.15. The Kier molecular flexibility index (Phi) is 5.20. The van der Waals surface area contributed by atoms with Crippen LogP contribution >= 0.6 is 11.6 Å². The number of benzene rings is 2. The van der Waals surface area contributed by atoms with Gasteiger partial charge in [-0.1, -0.05) is 23.7 Å². The van der Waals surface area contributed by atoms with Crippen molar-refractivity contribution in [1.29, 1.82) is 0 Å². The Labute approximate surface area is 157 Å². The van der Waals surface area contributed by atoms with E-state index in [4.69, 9.17) is 16.3 Å². The fraction of sp³-hybridized carbons (Fsp3) is 0.167. The van der Waals surface area contributed by atoms with Crippen molar-refractivity contribution < 1.29 is 13.2 Å². The zero-order chi connectivity index (χ0) is 18.7. The number of nitrogens with one attached hydrogen (secondary N) is 1. The number of ether oxygens (including phenoxy) is 1. The molecule has 0 saturated carbocycles. The number of nitrogens with zero attached hydrogens (tertiary/aromatic N) is 2. The number of aromatic nitrogens is 2. The molecule has 0 aliphatic heterocycles. The Hall–Kier alpha value is -2.51. The van der Waals surface area contributed by atoms with Crippen LogP contribution in [0, 0.1) is 6.92 Å². The number of aryl methyl sites for hydroxylation is 1. The third-order valence-corrected chi connectivity index (χ3v) is 5.18. The van der Waals surface area contributed by atoms with E-state index in [0.717, 1.165) is 11.4 Å². The molecule has 0 atom stereocenters. The Morgan fingerprint density at radius 2 is 2.04 bits per heavy atom. The molecule has 1 N–H and O–H groups in total. The van der Waals surface area contributed by atoms with E-state index in [1.54, 1.807) is 48.8 Å². The molecule has 0 aliphatic carbocycles. The average molecular weight is 392 g/mol. The normalized spacial score (nSPS) is 11.3. The molecule has 3 aromatic rings. The summed E-state index contributed by atoms with van der Waals surface area (Å²) in [6.07, 6.45) is 3.54. The van der Waals surface area contributed by atoms with E-state index in [-0.39, 0.29) is 5.75 Å². The average Bonchev–Trinajstić information content (AvgIpc) is 3.00. The summed E-state index contributed by atoms with van der Waals surface area (Å²) in [5, 5.41) is 0.499. The maximum Gasteiger partial charge on any atom is 0.236 e. The van der Waals surface area contributed by atoms with Gasteiger partial charge in [0, 0.05) is 17.3 Å². The zero-order valence-corrected chi connectivity index (χ0v) is 15.9. The van der Waals surface area contributed by atoms with Gasteiger partial charge in [0.05, 0.1) is 36.3 Å². The lowest BCUT2D eigenvalue weighted by molar-refractivity contribution is 0.413. The van der Waals surface area contributed by atoms with Gasteiger partial charge in [-0.05, 0) is 36.8 Å². The van der Waals surface area contributed by atoms with Crippen LogP contribution in [0.5, 0.6) is 5.75 Å². The summed E-state index contributed by atoms with van der Waals surface area (Å²) in [5.74, 6) is 0.364. The van der Waals surface area contributed by atoms with Crippen molar-refractivity contribution in [1.82, 2.24) is 9.55 Å². The van der Waals surface area contributed by atoms with E-state index in [1.807, 2.05) is 17.7 Å². The first-order valence-corrected chi connectivity index (χ1v) is 9.83. The molecule has 0 amide bonds. The SMILES string of the molecule is COc1cc(NS(=O)(=O)Cc2cccc(Cl)c2)ccc1-n1cnc(C)c1. The van der Waals surface area contributed by atoms with Gasteiger partial charge in [0.25, 0.3) is 0 Å². The standard InChI is InChI=1S/C18H18ClN3O3S/c1-13-10-22(12-20-13)17-7-6-16(9-18(17)25-2)21-26(23,24)11-14-4-3-5-15(19)8-14/h3-10,12,21H,11H2,1-2H3. The van der Waals surface area contributed by atoms with E-state index in [1.165, 1.54) is 7.11 Å². The van der Waals surface area contributed by atoms with Gasteiger partial charge in [0.2, 0.25) is 10.0 Å². The maximum absolute atomic E-state index is 12.4. The monoisotopic (exact) mass is 391 g/mol. The second-order valence-corrected chi connectivity index (χ2v) is 7.96. The van der Waals surface area contributed by atoms with Crippen LogP contribution in [0.15, 0.2) is 55.0 Å². The molecule has 26 heavy (non-hydrogen) atoms. The molecule has 0 saturated heterocycles. The van der Waals surface area contributed by atoms with Crippen LogP contribution in [0.3, 0.4) is 0 Å².